The maximum Gasteiger partial charge on any atom is 0.129 e. The van der Waals surface area contributed by atoms with Gasteiger partial charge in [-0.3, -0.25) is 4.99 Å². The van der Waals surface area contributed by atoms with E-state index >= 15 is 0 Å². The minimum Gasteiger partial charge on any atom is -0.411 e. The molecule has 0 amide bonds. The number of hydrogen-bond donors (Lipinski definition) is 1. The molecule has 3 nitrogen and oxygen atoms in total. The molecule has 1 aliphatic heterocycles. The van der Waals surface area contributed by atoms with Crippen molar-refractivity contribution in [1.82, 2.24) is 0 Å². The van der Waals surface area contributed by atoms with Crippen LogP contribution in [0.25, 0.3) is 0 Å². The molecule has 0 bridgehead atoms. The first-order chi connectivity index (χ1) is 9.58. The lowest BCUT2D eigenvalue weighted by Crippen LogP contribution is -2.37. The van der Waals surface area contributed by atoms with Crippen LogP contribution in [0.1, 0.15) is 12.0 Å². The number of benzene rings is 1. The lowest BCUT2D eigenvalue weighted by Gasteiger charge is -2.32. The Morgan fingerprint density at radius 2 is 2.45 bits per heavy atom. The lowest BCUT2D eigenvalue weighted by atomic mass is 9.85. The molecule has 1 aromatic rings. The first kappa shape index (κ1) is 14.0. The second-order valence-electron chi connectivity index (χ2n) is 4.94. The topological polar surface area (TPSA) is 45.0 Å². The summed E-state index contributed by atoms with van der Waals surface area (Å²) in [6, 6.07) is 4.40. The first-order valence-electron chi connectivity index (χ1n) is 5.93. The van der Waals surface area contributed by atoms with Gasteiger partial charge in [0.25, 0.3) is 0 Å². The average Bonchev–Trinajstić information content (AvgIpc) is 3.16. The smallest absolute Gasteiger partial charge is 0.129 e. The van der Waals surface area contributed by atoms with Gasteiger partial charge in [0, 0.05) is 16.0 Å². The predicted molar refractivity (Wildman–Crippen MR) is 77.9 cm³/mol. The molecule has 1 saturated carbocycles. The summed E-state index contributed by atoms with van der Waals surface area (Å²) in [6.45, 7) is -0.820. The third kappa shape index (κ3) is 1.90. The quantitative estimate of drug-likeness (QED) is 0.508. The monoisotopic (exact) mass is 359 g/mol. The van der Waals surface area contributed by atoms with Crippen molar-refractivity contribution in [1.29, 1.82) is 0 Å². The van der Waals surface area contributed by atoms with E-state index in [9.17, 15) is 8.78 Å². The van der Waals surface area contributed by atoms with Crippen molar-refractivity contribution in [2.45, 2.75) is 16.7 Å². The Morgan fingerprint density at radius 3 is 3.15 bits per heavy atom. The van der Waals surface area contributed by atoms with Crippen LogP contribution in [0.5, 0.6) is 0 Å². The molecule has 1 N–H and O–H groups in total. The van der Waals surface area contributed by atoms with Crippen LogP contribution in [0.15, 0.2) is 32.8 Å². The summed E-state index contributed by atoms with van der Waals surface area (Å²) in [4.78, 5) is 4.14. The zero-order valence-corrected chi connectivity index (χ0v) is 12.6. The molecule has 105 valence electrons. The molecule has 0 spiro atoms. The highest BCUT2D eigenvalue weighted by molar-refractivity contribution is 9.10. The summed E-state index contributed by atoms with van der Waals surface area (Å²) in [5.41, 5.74) is 1.62. The molecule has 0 saturated heterocycles. The van der Waals surface area contributed by atoms with Gasteiger partial charge >= 0.3 is 0 Å². The summed E-state index contributed by atoms with van der Waals surface area (Å²) >= 11 is 4.53. The number of fused-ring (bicyclic) bond motifs is 1. The van der Waals surface area contributed by atoms with E-state index in [0.29, 0.717) is 10.9 Å². The van der Waals surface area contributed by atoms with Crippen molar-refractivity contribution in [2.24, 2.45) is 16.1 Å². The Bertz CT molecular complexity index is 612. The summed E-state index contributed by atoms with van der Waals surface area (Å²) < 4.78 is 28.0. The Balaban J connectivity index is 2.11. The maximum atomic E-state index is 14.1. The van der Waals surface area contributed by atoms with E-state index in [1.165, 1.54) is 24.0 Å². The fraction of sp³-hybridized carbons (Fsp3) is 0.385. The number of thioether (sulfide) groups is 1. The maximum absolute atomic E-state index is 14.1. The molecule has 1 aliphatic carbocycles. The number of nitrogens with zero attached hydrogens (tertiary/aromatic N) is 2. The van der Waals surface area contributed by atoms with Crippen molar-refractivity contribution in [3.63, 3.8) is 0 Å². The van der Waals surface area contributed by atoms with Crippen molar-refractivity contribution < 1.29 is 14.0 Å². The molecule has 0 unspecified atom stereocenters. The highest BCUT2D eigenvalue weighted by atomic mass is 79.9. The highest BCUT2D eigenvalue weighted by Gasteiger charge is 2.67. The van der Waals surface area contributed by atoms with Gasteiger partial charge in [0.1, 0.15) is 23.6 Å². The van der Waals surface area contributed by atoms with Crippen molar-refractivity contribution in [3.05, 3.63) is 34.1 Å². The van der Waals surface area contributed by atoms with Gasteiger partial charge in [-0.15, -0.1) is 5.16 Å². The van der Waals surface area contributed by atoms with Crippen LogP contribution < -0.4 is 0 Å². The van der Waals surface area contributed by atoms with Gasteiger partial charge in [-0.1, -0.05) is 27.7 Å². The number of rotatable bonds is 3. The van der Waals surface area contributed by atoms with Crippen LogP contribution in [0.3, 0.4) is 0 Å². The third-order valence-electron chi connectivity index (χ3n) is 3.88. The van der Waals surface area contributed by atoms with Gasteiger partial charge < -0.3 is 5.21 Å². The van der Waals surface area contributed by atoms with E-state index in [0.717, 1.165) is 0 Å². The van der Waals surface area contributed by atoms with Crippen LogP contribution in [0, 0.1) is 11.7 Å². The van der Waals surface area contributed by atoms with Gasteiger partial charge in [0.15, 0.2) is 0 Å². The third-order valence-corrected chi connectivity index (χ3v) is 5.50. The van der Waals surface area contributed by atoms with E-state index < -0.39 is 22.8 Å². The van der Waals surface area contributed by atoms with Crippen molar-refractivity contribution in [3.8, 4) is 0 Å². The van der Waals surface area contributed by atoms with Crippen molar-refractivity contribution >= 4 is 39.5 Å². The van der Waals surface area contributed by atoms with E-state index in [2.05, 4.69) is 31.6 Å². The molecular weight excluding hydrogens is 350 g/mol. The lowest BCUT2D eigenvalue weighted by molar-refractivity contribution is 0.269. The summed E-state index contributed by atoms with van der Waals surface area (Å²) in [5.74, 6) is -0.740. The van der Waals surface area contributed by atoms with E-state index in [1.807, 2.05) is 0 Å². The standard InChI is InChI=1S/C13H10BrF2N2OS/c14-8-1-2-10(16)9(3-8)13(5-15)11-4-12(11,6-18-19)20-7-17-13/h1-3,6,11,19H,4-5H2/b18-6+/t11-,12-,13-/m1/s1. The predicted octanol–water partition coefficient (Wildman–Crippen LogP) is 3.62. The molecule has 0 aromatic heterocycles. The zero-order valence-electron chi connectivity index (χ0n) is 10.2. The minimum absolute atomic E-state index is 0.209. The largest absolute Gasteiger partial charge is 0.411 e. The number of alkyl halides is 1. The molecule has 3 rings (SSSR count). The SMILES string of the molecule is O/N=C/[C@]12C[C@H]1[C@@](CF)(c1cc(Br)ccc1F)N=[C]S2. The molecule has 2 aliphatic rings. The molecule has 1 aromatic carbocycles. The van der Waals surface area contributed by atoms with Crippen molar-refractivity contribution in [2.75, 3.05) is 6.67 Å². The number of oxime groups is 1. The molecule has 1 heterocycles. The first-order valence-corrected chi connectivity index (χ1v) is 7.54. The Morgan fingerprint density at radius 1 is 1.65 bits per heavy atom. The average molecular weight is 360 g/mol. The molecule has 7 heteroatoms. The van der Waals surface area contributed by atoms with Crippen LogP contribution in [0.4, 0.5) is 8.78 Å². The van der Waals surface area contributed by atoms with Gasteiger partial charge in [-0.05, 0) is 24.6 Å². The number of aliphatic imine (C=N–C) groups is 1. The molecule has 1 radical (unpaired) electrons. The minimum atomic E-state index is -1.29. The van der Waals surface area contributed by atoms with E-state index in [1.54, 1.807) is 12.1 Å². The second kappa shape index (κ2) is 4.80. The van der Waals surface area contributed by atoms with Gasteiger partial charge in [0.05, 0.1) is 11.0 Å². The van der Waals surface area contributed by atoms with Crippen LogP contribution in [-0.2, 0) is 5.54 Å². The second-order valence-corrected chi connectivity index (χ2v) is 7.01. The number of hydrogen-bond acceptors (Lipinski definition) is 4. The molecular formula is C13H10BrF2N2OS. The van der Waals surface area contributed by atoms with E-state index in [-0.39, 0.29) is 11.5 Å². The van der Waals surface area contributed by atoms with Gasteiger partial charge in [-0.2, -0.15) is 0 Å². The summed E-state index contributed by atoms with van der Waals surface area (Å²) in [5, 5.41) is 11.8. The normalized spacial score (nSPS) is 35.2. The Hall–Kier alpha value is -0.950. The van der Waals surface area contributed by atoms with Gasteiger partial charge in [-0.25, -0.2) is 8.78 Å². The fourth-order valence-electron chi connectivity index (χ4n) is 2.75. The molecule has 20 heavy (non-hydrogen) atoms. The Labute approximate surface area is 127 Å². The Kier molecular flexibility index (Phi) is 3.36. The zero-order chi connectivity index (χ0) is 14.4. The summed E-state index contributed by atoms with van der Waals surface area (Å²) in [7, 11) is 0. The van der Waals surface area contributed by atoms with Crippen LogP contribution in [-0.4, -0.2) is 28.4 Å². The summed E-state index contributed by atoms with van der Waals surface area (Å²) in [6.07, 6.45) is 1.94. The van der Waals surface area contributed by atoms with Gasteiger partial charge in [0.2, 0.25) is 0 Å². The molecule has 1 fully saturated rings. The van der Waals surface area contributed by atoms with Crippen LogP contribution in [0.2, 0.25) is 0 Å². The fourth-order valence-corrected chi connectivity index (χ4v) is 4.18. The highest BCUT2D eigenvalue weighted by Crippen LogP contribution is 2.64. The van der Waals surface area contributed by atoms with Crippen LogP contribution >= 0.6 is 27.7 Å². The number of halogens is 3. The van der Waals surface area contributed by atoms with E-state index in [4.69, 9.17) is 5.21 Å². The molecule has 3 atom stereocenters.